The van der Waals surface area contributed by atoms with Crippen molar-refractivity contribution in [2.75, 3.05) is 0 Å². The second-order valence-electron chi connectivity index (χ2n) is 13.3. The van der Waals surface area contributed by atoms with Crippen LogP contribution in [0.1, 0.15) is 12.8 Å². The molecule has 8 aromatic carbocycles. The summed E-state index contributed by atoms with van der Waals surface area (Å²) in [5.41, 5.74) is 11.0. The van der Waals surface area contributed by atoms with Crippen molar-refractivity contribution in [2.45, 2.75) is 12.8 Å². The molecule has 0 saturated carbocycles. The molecular weight excluding hydrogens is 619 g/mol. The van der Waals surface area contributed by atoms with Gasteiger partial charge in [-0.1, -0.05) is 163 Å². The molecule has 1 aromatic heterocycles. The van der Waals surface area contributed by atoms with Crippen LogP contribution >= 0.6 is 11.3 Å². The van der Waals surface area contributed by atoms with E-state index in [1.165, 1.54) is 97.3 Å². The van der Waals surface area contributed by atoms with Crippen molar-refractivity contribution in [3.63, 3.8) is 0 Å². The molecule has 0 unspecified atom stereocenters. The average molecular weight is 651 g/mol. The van der Waals surface area contributed by atoms with E-state index in [4.69, 9.17) is 7.85 Å². The van der Waals surface area contributed by atoms with Crippen LogP contribution in [0.2, 0.25) is 0 Å². The highest BCUT2D eigenvalue weighted by atomic mass is 32.1. The van der Waals surface area contributed by atoms with Crippen molar-refractivity contribution in [3.8, 4) is 44.5 Å². The molecule has 1 heterocycles. The zero-order valence-corrected chi connectivity index (χ0v) is 28.3. The second kappa shape index (κ2) is 11.7. The first-order valence-corrected chi connectivity index (χ1v) is 18.2. The molecule has 0 spiro atoms. The Morgan fingerprint density at radius 2 is 0.940 bits per heavy atom. The summed E-state index contributed by atoms with van der Waals surface area (Å²) in [5.74, 6) is 0. The fourth-order valence-corrected chi connectivity index (χ4v) is 9.43. The monoisotopic (exact) mass is 650 g/mol. The summed E-state index contributed by atoms with van der Waals surface area (Å²) >= 11 is 1.76. The van der Waals surface area contributed by atoms with Gasteiger partial charge in [0.25, 0.3) is 0 Å². The molecule has 0 aliphatic heterocycles. The van der Waals surface area contributed by atoms with E-state index in [0.29, 0.717) is 0 Å². The van der Waals surface area contributed by atoms with Crippen LogP contribution in [0.15, 0.2) is 151 Å². The number of benzene rings is 8. The Kier molecular flexibility index (Phi) is 6.86. The molecule has 50 heavy (non-hydrogen) atoms. The molecule has 232 valence electrons. The molecule has 0 amide bonds. The summed E-state index contributed by atoms with van der Waals surface area (Å²) in [5, 5.41) is 13.5. The average Bonchev–Trinajstić information content (AvgIpc) is 3.57. The number of hydrogen-bond acceptors (Lipinski definition) is 1. The Labute approximate surface area is 296 Å². The molecular formula is C48H31BS. The van der Waals surface area contributed by atoms with Crippen molar-refractivity contribution in [1.29, 1.82) is 0 Å². The topological polar surface area (TPSA) is 0 Å². The van der Waals surface area contributed by atoms with E-state index >= 15 is 0 Å². The van der Waals surface area contributed by atoms with Crippen LogP contribution in [0.25, 0.3) is 99.1 Å². The Hall–Kier alpha value is -5.70. The molecule has 10 rings (SSSR count). The van der Waals surface area contributed by atoms with E-state index < -0.39 is 0 Å². The standard InChI is InChI=1S/C48H31BS/c49-42-29-50-48-45(31-14-2-1-3-15-31)44(38-20-8-11-23-41(38)47(42)48)33-27-25-32(26-28-33)43-36-18-6-9-21-39(36)46(40-22-10-7-19-37(40)43)35-24-12-16-30-13-4-5-17-34(30)35/h1-7,9-10,12-29H,8,11H2. The van der Waals surface area contributed by atoms with Gasteiger partial charge in [0.15, 0.2) is 0 Å². The van der Waals surface area contributed by atoms with Crippen LogP contribution in [0.4, 0.5) is 0 Å². The molecule has 0 N–H and O–H groups in total. The fraction of sp³-hybridized carbons (Fsp3) is 0.0417. The summed E-state index contributed by atoms with van der Waals surface area (Å²) in [7, 11) is 6.66. The maximum Gasteiger partial charge on any atom is 0.115 e. The van der Waals surface area contributed by atoms with Crippen LogP contribution in [0, 0.1) is 0 Å². The summed E-state index contributed by atoms with van der Waals surface area (Å²) in [4.78, 5) is 0. The minimum Gasteiger partial charge on any atom is -0.144 e. The minimum absolute atomic E-state index is 0.873. The van der Waals surface area contributed by atoms with E-state index in [9.17, 15) is 0 Å². The van der Waals surface area contributed by atoms with E-state index in [2.05, 4.69) is 163 Å². The van der Waals surface area contributed by atoms with Crippen LogP contribution in [0.5, 0.6) is 0 Å². The number of thiophene rings is 1. The zero-order chi connectivity index (χ0) is 33.2. The lowest BCUT2D eigenvalue weighted by atomic mass is 9.83. The lowest BCUT2D eigenvalue weighted by Crippen LogP contribution is -2.32. The van der Waals surface area contributed by atoms with Crippen molar-refractivity contribution in [2.24, 2.45) is 0 Å². The Morgan fingerprint density at radius 3 is 1.62 bits per heavy atom. The highest BCUT2D eigenvalue weighted by Crippen LogP contribution is 2.46. The molecule has 0 saturated heterocycles. The summed E-state index contributed by atoms with van der Waals surface area (Å²) in [6.07, 6.45) is 6.88. The van der Waals surface area contributed by atoms with Gasteiger partial charge in [-0.2, -0.15) is 0 Å². The predicted molar refractivity (Wildman–Crippen MR) is 219 cm³/mol. The van der Waals surface area contributed by atoms with Crippen molar-refractivity contribution >= 4 is 79.2 Å². The number of rotatable bonds is 4. The quantitative estimate of drug-likeness (QED) is 0.131. The lowest BCUT2D eigenvalue weighted by molar-refractivity contribution is 1.12. The zero-order valence-electron chi connectivity index (χ0n) is 27.5. The van der Waals surface area contributed by atoms with Crippen LogP contribution in [0.3, 0.4) is 0 Å². The van der Waals surface area contributed by atoms with Gasteiger partial charge >= 0.3 is 0 Å². The molecule has 2 heteroatoms. The first-order valence-electron chi connectivity index (χ1n) is 17.4. The van der Waals surface area contributed by atoms with Gasteiger partial charge in [0.05, 0.1) is 0 Å². The third-order valence-electron chi connectivity index (χ3n) is 10.5. The molecule has 0 bridgehead atoms. The molecule has 0 nitrogen and oxygen atoms in total. The Morgan fingerprint density at radius 1 is 0.420 bits per heavy atom. The fourth-order valence-electron chi connectivity index (χ4n) is 8.39. The molecule has 0 atom stereocenters. The molecule has 0 fully saturated rings. The van der Waals surface area contributed by atoms with Gasteiger partial charge in [-0.15, -0.1) is 11.3 Å². The highest BCUT2D eigenvalue weighted by Gasteiger charge is 2.21. The first kappa shape index (κ1) is 29.2. The van der Waals surface area contributed by atoms with Gasteiger partial charge in [-0.05, 0) is 105 Å². The minimum atomic E-state index is 0.873. The normalized spacial score (nSPS) is 12.6. The SMILES string of the molecule is [B]c1csc2c(-c3ccccc3)c(-c3ccc(-c4c5ccccc5c(-c5cccc6ccccc56)c5ccccc45)cc3)c3c(c12)=CCCC=3. The summed E-state index contributed by atoms with van der Waals surface area (Å²) < 4.78 is 1.26. The smallest absolute Gasteiger partial charge is 0.115 e. The van der Waals surface area contributed by atoms with Crippen molar-refractivity contribution < 1.29 is 0 Å². The highest BCUT2D eigenvalue weighted by molar-refractivity contribution is 7.19. The third kappa shape index (κ3) is 4.45. The van der Waals surface area contributed by atoms with Crippen molar-refractivity contribution in [3.05, 3.63) is 161 Å². The van der Waals surface area contributed by atoms with Gasteiger partial charge in [0.2, 0.25) is 0 Å². The van der Waals surface area contributed by atoms with Crippen molar-refractivity contribution in [1.82, 2.24) is 0 Å². The van der Waals surface area contributed by atoms with Gasteiger partial charge < -0.3 is 0 Å². The van der Waals surface area contributed by atoms with E-state index in [1.54, 1.807) is 11.3 Å². The van der Waals surface area contributed by atoms with Crippen LogP contribution in [-0.4, -0.2) is 7.85 Å². The van der Waals surface area contributed by atoms with Gasteiger partial charge in [-0.3, -0.25) is 0 Å². The van der Waals surface area contributed by atoms with Crippen LogP contribution in [-0.2, 0) is 0 Å². The Bertz CT molecular complexity index is 2850. The predicted octanol–water partition coefficient (Wildman–Crippen LogP) is 11.2. The van der Waals surface area contributed by atoms with Crippen LogP contribution < -0.4 is 15.9 Å². The first-order chi connectivity index (χ1) is 24.8. The van der Waals surface area contributed by atoms with Gasteiger partial charge in [0.1, 0.15) is 7.85 Å². The number of hydrogen-bond donors (Lipinski definition) is 0. The molecule has 1 aliphatic carbocycles. The van der Waals surface area contributed by atoms with E-state index in [0.717, 1.165) is 18.3 Å². The number of fused-ring (bicyclic) bond motifs is 6. The maximum absolute atomic E-state index is 6.66. The lowest BCUT2D eigenvalue weighted by Gasteiger charge is -2.19. The molecule has 9 aromatic rings. The largest absolute Gasteiger partial charge is 0.144 e. The van der Waals surface area contributed by atoms with E-state index in [-0.39, 0.29) is 0 Å². The third-order valence-corrected chi connectivity index (χ3v) is 11.5. The maximum atomic E-state index is 6.66. The second-order valence-corrected chi connectivity index (χ2v) is 14.1. The van der Waals surface area contributed by atoms with Gasteiger partial charge in [-0.25, -0.2) is 0 Å². The summed E-state index contributed by atoms with van der Waals surface area (Å²) in [6.45, 7) is 0. The van der Waals surface area contributed by atoms with Gasteiger partial charge in [0, 0.05) is 10.3 Å². The summed E-state index contributed by atoms with van der Waals surface area (Å²) in [6, 6.07) is 53.5. The molecule has 1 aliphatic rings. The molecule has 2 radical (unpaired) electrons. The Balaban J connectivity index is 1.23. The van der Waals surface area contributed by atoms with E-state index in [1.807, 2.05) is 0 Å².